The van der Waals surface area contributed by atoms with Crippen LogP contribution in [0.4, 0.5) is 5.69 Å². The Hall–Kier alpha value is -3.53. The Balaban J connectivity index is 2.02. The fourth-order valence-electron chi connectivity index (χ4n) is 2.37. The summed E-state index contributed by atoms with van der Waals surface area (Å²) in [5.41, 5.74) is 2.58. The van der Waals surface area contributed by atoms with Gasteiger partial charge in [-0.15, -0.1) is 0 Å². The summed E-state index contributed by atoms with van der Waals surface area (Å²) in [7, 11) is 3.10. The molecule has 0 radical (unpaired) electrons. The number of carbonyl (C=O) groups is 2. The zero-order chi connectivity index (χ0) is 19.8. The van der Waals surface area contributed by atoms with E-state index in [0.717, 1.165) is 11.1 Å². The second-order valence-corrected chi connectivity index (χ2v) is 5.67. The first-order chi connectivity index (χ1) is 13.0. The first-order valence-corrected chi connectivity index (χ1v) is 8.14. The molecular formula is C20H20N2O5. The summed E-state index contributed by atoms with van der Waals surface area (Å²) in [5.74, 6) is 0.279. The average molecular weight is 368 g/mol. The first-order valence-electron chi connectivity index (χ1n) is 8.14. The van der Waals surface area contributed by atoms with E-state index in [1.165, 1.54) is 0 Å². The number of hydrogen-bond donors (Lipinski definition) is 1. The lowest BCUT2D eigenvalue weighted by Gasteiger charge is -2.13. The molecule has 0 spiro atoms. The molecule has 0 saturated heterocycles. The Morgan fingerprint density at radius 2 is 1.70 bits per heavy atom. The van der Waals surface area contributed by atoms with Crippen molar-refractivity contribution in [3.8, 4) is 17.6 Å². The maximum absolute atomic E-state index is 12.2. The number of nitriles is 1. The molecule has 2 rings (SSSR count). The van der Waals surface area contributed by atoms with Crippen LogP contribution in [0, 0.1) is 18.3 Å². The van der Waals surface area contributed by atoms with E-state index in [9.17, 15) is 9.59 Å². The molecule has 7 heteroatoms. The molecule has 0 aliphatic rings. The fourth-order valence-corrected chi connectivity index (χ4v) is 2.37. The minimum Gasteiger partial charge on any atom is -0.493 e. The van der Waals surface area contributed by atoms with Crippen LogP contribution in [-0.2, 0) is 16.1 Å². The quantitative estimate of drug-likeness (QED) is 0.754. The summed E-state index contributed by atoms with van der Waals surface area (Å²) in [6.07, 6.45) is -0.228. The predicted molar refractivity (Wildman–Crippen MR) is 98.7 cm³/mol. The summed E-state index contributed by atoms with van der Waals surface area (Å²) < 4.78 is 15.9. The van der Waals surface area contributed by atoms with Gasteiger partial charge in [-0.25, -0.2) is 4.79 Å². The number of ether oxygens (including phenoxy) is 3. The Labute approximate surface area is 157 Å². The van der Waals surface area contributed by atoms with Gasteiger partial charge < -0.3 is 19.5 Å². The number of carbonyl (C=O) groups excluding carboxylic acids is 2. The monoisotopic (exact) mass is 368 g/mol. The van der Waals surface area contributed by atoms with E-state index in [2.05, 4.69) is 5.32 Å². The van der Waals surface area contributed by atoms with E-state index < -0.39 is 11.9 Å². The molecule has 0 heterocycles. The standard InChI is InChI=1S/C20H20N2O5/c1-13-10-17(25-2)18(26-3)11-15(13)12-27-20(24)14-4-6-16(7-5-14)22-19(23)8-9-21/h4-7,10-11H,8,12H2,1-3H3,(H,22,23). The largest absolute Gasteiger partial charge is 0.493 e. The zero-order valence-electron chi connectivity index (χ0n) is 15.4. The highest BCUT2D eigenvalue weighted by Crippen LogP contribution is 2.30. The predicted octanol–water partition coefficient (Wildman–Crippen LogP) is 3.22. The molecule has 0 aliphatic carbocycles. The Kier molecular flexibility index (Phi) is 6.78. The summed E-state index contributed by atoms with van der Waals surface area (Å²) in [5, 5.41) is 11.0. The maximum atomic E-state index is 12.2. The second-order valence-electron chi connectivity index (χ2n) is 5.67. The molecule has 0 saturated carbocycles. The minimum atomic E-state index is -0.487. The highest BCUT2D eigenvalue weighted by molar-refractivity contribution is 5.93. The normalized spacial score (nSPS) is 9.85. The van der Waals surface area contributed by atoms with Crippen molar-refractivity contribution in [2.75, 3.05) is 19.5 Å². The highest BCUT2D eigenvalue weighted by atomic mass is 16.5. The Bertz CT molecular complexity index is 869. The van der Waals surface area contributed by atoms with Crippen molar-refractivity contribution in [2.45, 2.75) is 20.0 Å². The van der Waals surface area contributed by atoms with Crippen LogP contribution in [0.25, 0.3) is 0 Å². The lowest BCUT2D eigenvalue weighted by atomic mass is 10.1. The molecule has 27 heavy (non-hydrogen) atoms. The number of aryl methyl sites for hydroxylation is 1. The van der Waals surface area contributed by atoms with Crippen molar-refractivity contribution in [3.63, 3.8) is 0 Å². The van der Waals surface area contributed by atoms with Gasteiger partial charge in [-0.2, -0.15) is 5.26 Å². The van der Waals surface area contributed by atoms with Crippen LogP contribution >= 0.6 is 0 Å². The van der Waals surface area contributed by atoms with Crippen LogP contribution < -0.4 is 14.8 Å². The lowest BCUT2D eigenvalue weighted by molar-refractivity contribution is -0.115. The summed E-state index contributed by atoms with van der Waals surface area (Å²) in [6, 6.07) is 11.6. The molecule has 140 valence electrons. The van der Waals surface area contributed by atoms with E-state index in [-0.39, 0.29) is 13.0 Å². The van der Waals surface area contributed by atoms with Gasteiger partial charge in [0.2, 0.25) is 5.91 Å². The topological polar surface area (TPSA) is 97.6 Å². The van der Waals surface area contributed by atoms with Gasteiger partial charge in [0.25, 0.3) is 0 Å². The molecule has 2 aromatic carbocycles. The Morgan fingerprint density at radius 3 is 2.30 bits per heavy atom. The van der Waals surface area contributed by atoms with Gasteiger partial charge in [0.15, 0.2) is 11.5 Å². The molecule has 0 aliphatic heterocycles. The number of rotatable bonds is 7. The van der Waals surface area contributed by atoms with Crippen molar-refractivity contribution in [1.29, 1.82) is 5.26 Å². The zero-order valence-corrected chi connectivity index (χ0v) is 15.4. The smallest absolute Gasteiger partial charge is 0.338 e. The summed E-state index contributed by atoms with van der Waals surface area (Å²) in [6.45, 7) is 1.98. The molecule has 2 aromatic rings. The molecular weight excluding hydrogens is 348 g/mol. The van der Waals surface area contributed by atoms with Crippen LogP contribution in [0.3, 0.4) is 0 Å². The SMILES string of the molecule is COc1cc(C)c(COC(=O)c2ccc(NC(=O)CC#N)cc2)cc1OC. The first kappa shape index (κ1) is 19.8. The van der Waals surface area contributed by atoms with Gasteiger partial charge in [-0.05, 0) is 54.4 Å². The fraction of sp³-hybridized carbons (Fsp3) is 0.250. The number of nitrogens with zero attached hydrogens (tertiary/aromatic N) is 1. The molecule has 0 atom stereocenters. The summed E-state index contributed by atoms with van der Waals surface area (Å²) in [4.78, 5) is 23.6. The van der Waals surface area contributed by atoms with Crippen molar-refractivity contribution < 1.29 is 23.8 Å². The third kappa shape index (κ3) is 5.22. The number of methoxy groups -OCH3 is 2. The molecule has 0 aromatic heterocycles. The van der Waals surface area contributed by atoms with Gasteiger partial charge in [-0.3, -0.25) is 4.79 Å². The lowest BCUT2D eigenvalue weighted by Crippen LogP contribution is -2.10. The molecule has 1 amide bonds. The third-order valence-corrected chi connectivity index (χ3v) is 3.84. The molecule has 0 fully saturated rings. The number of amides is 1. The van der Waals surface area contributed by atoms with E-state index in [4.69, 9.17) is 19.5 Å². The van der Waals surface area contributed by atoms with Crippen molar-refractivity contribution >= 4 is 17.6 Å². The third-order valence-electron chi connectivity index (χ3n) is 3.84. The van der Waals surface area contributed by atoms with Crippen LogP contribution in [0.1, 0.15) is 27.9 Å². The molecule has 0 bridgehead atoms. The van der Waals surface area contributed by atoms with E-state index in [1.807, 2.05) is 13.0 Å². The van der Waals surface area contributed by atoms with Crippen molar-refractivity contribution in [3.05, 3.63) is 53.1 Å². The highest BCUT2D eigenvalue weighted by Gasteiger charge is 2.12. The number of hydrogen-bond acceptors (Lipinski definition) is 6. The van der Waals surface area contributed by atoms with Gasteiger partial charge in [0, 0.05) is 5.69 Å². The van der Waals surface area contributed by atoms with E-state index in [1.54, 1.807) is 50.6 Å². The van der Waals surface area contributed by atoms with E-state index >= 15 is 0 Å². The van der Waals surface area contributed by atoms with Gasteiger partial charge in [0.1, 0.15) is 13.0 Å². The van der Waals surface area contributed by atoms with Crippen molar-refractivity contribution in [2.24, 2.45) is 0 Å². The number of benzene rings is 2. The number of nitrogens with one attached hydrogen (secondary N) is 1. The van der Waals surface area contributed by atoms with Crippen LogP contribution in [0.15, 0.2) is 36.4 Å². The molecule has 0 unspecified atom stereocenters. The van der Waals surface area contributed by atoms with E-state index in [0.29, 0.717) is 22.7 Å². The van der Waals surface area contributed by atoms with Gasteiger partial charge in [0.05, 0.1) is 25.9 Å². The van der Waals surface area contributed by atoms with Crippen LogP contribution in [0.5, 0.6) is 11.5 Å². The van der Waals surface area contributed by atoms with Crippen LogP contribution in [0.2, 0.25) is 0 Å². The van der Waals surface area contributed by atoms with Crippen molar-refractivity contribution in [1.82, 2.24) is 0 Å². The number of esters is 1. The Morgan fingerprint density at radius 1 is 1.07 bits per heavy atom. The minimum absolute atomic E-state index is 0.0890. The summed E-state index contributed by atoms with van der Waals surface area (Å²) >= 11 is 0. The average Bonchev–Trinajstić information content (AvgIpc) is 2.67. The van der Waals surface area contributed by atoms with Crippen LogP contribution in [-0.4, -0.2) is 26.1 Å². The number of anilines is 1. The molecule has 7 nitrogen and oxygen atoms in total. The second kappa shape index (κ2) is 9.25. The van der Waals surface area contributed by atoms with Gasteiger partial charge in [-0.1, -0.05) is 0 Å². The maximum Gasteiger partial charge on any atom is 0.338 e. The molecule has 1 N–H and O–H groups in total. The van der Waals surface area contributed by atoms with Gasteiger partial charge >= 0.3 is 5.97 Å².